The Balaban J connectivity index is 1.69. The standard InChI is InChI=1S/C24H22N2O3S/c1-28-19-12-10-17(11-13-19)14-15-30-24-25-22-9-4-3-8-21(22)23(27)26(24)18-6-5-7-20(16-18)29-2/h3-13,16H,14-15H2,1-2H3. The molecule has 1 aromatic heterocycles. The van der Waals surface area contributed by atoms with Crippen LogP contribution in [-0.2, 0) is 6.42 Å². The molecule has 1 heterocycles. The van der Waals surface area contributed by atoms with Gasteiger partial charge in [0.2, 0.25) is 0 Å². The molecule has 0 amide bonds. The first-order valence-electron chi connectivity index (χ1n) is 9.61. The van der Waals surface area contributed by atoms with E-state index in [0.717, 1.165) is 23.6 Å². The monoisotopic (exact) mass is 418 g/mol. The highest BCUT2D eigenvalue weighted by Gasteiger charge is 2.14. The normalized spacial score (nSPS) is 10.9. The molecule has 0 aliphatic carbocycles. The largest absolute Gasteiger partial charge is 0.497 e. The van der Waals surface area contributed by atoms with Crippen LogP contribution in [0.5, 0.6) is 11.5 Å². The zero-order valence-electron chi connectivity index (χ0n) is 16.9. The molecule has 0 radical (unpaired) electrons. The Morgan fingerprint density at radius 2 is 1.67 bits per heavy atom. The number of nitrogens with zero attached hydrogens (tertiary/aromatic N) is 2. The van der Waals surface area contributed by atoms with Gasteiger partial charge in [0.1, 0.15) is 11.5 Å². The van der Waals surface area contributed by atoms with Gasteiger partial charge in [0.05, 0.1) is 30.8 Å². The molecule has 152 valence electrons. The molecule has 0 spiro atoms. The van der Waals surface area contributed by atoms with Gasteiger partial charge in [-0.25, -0.2) is 4.98 Å². The van der Waals surface area contributed by atoms with Crippen LogP contribution in [0.2, 0.25) is 0 Å². The molecule has 6 heteroatoms. The van der Waals surface area contributed by atoms with Crippen LogP contribution in [0.25, 0.3) is 16.6 Å². The summed E-state index contributed by atoms with van der Waals surface area (Å²) in [5.74, 6) is 2.33. The van der Waals surface area contributed by atoms with E-state index in [4.69, 9.17) is 14.5 Å². The van der Waals surface area contributed by atoms with Crippen molar-refractivity contribution in [3.8, 4) is 17.2 Å². The van der Waals surface area contributed by atoms with Crippen molar-refractivity contribution in [1.82, 2.24) is 9.55 Å². The first-order valence-corrected chi connectivity index (χ1v) is 10.6. The summed E-state index contributed by atoms with van der Waals surface area (Å²) in [7, 11) is 3.28. The van der Waals surface area contributed by atoms with E-state index in [-0.39, 0.29) is 5.56 Å². The number of hydrogen-bond acceptors (Lipinski definition) is 5. The second-order valence-electron chi connectivity index (χ2n) is 6.70. The van der Waals surface area contributed by atoms with Gasteiger partial charge in [-0.15, -0.1) is 0 Å². The summed E-state index contributed by atoms with van der Waals surface area (Å²) in [5.41, 5.74) is 2.57. The topological polar surface area (TPSA) is 53.3 Å². The molecule has 0 fully saturated rings. The van der Waals surface area contributed by atoms with Gasteiger partial charge in [-0.3, -0.25) is 9.36 Å². The average Bonchev–Trinajstić information content (AvgIpc) is 2.80. The van der Waals surface area contributed by atoms with Gasteiger partial charge in [0.25, 0.3) is 5.56 Å². The van der Waals surface area contributed by atoms with Gasteiger partial charge in [-0.1, -0.05) is 42.1 Å². The molecule has 0 saturated carbocycles. The number of thioether (sulfide) groups is 1. The van der Waals surface area contributed by atoms with Gasteiger partial charge in [-0.2, -0.15) is 0 Å². The highest BCUT2D eigenvalue weighted by molar-refractivity contribution is 7.99. The molecule has 4 aromatic rings. The number of para-hydroxylation sites is 1. The smallest absolute Gasteiger partial charge is 0.266 e. The summed E-state index contributed by atoms with van der Waals surface area (Å²) in [6.45, 7) is 0. The number of aryl methyl sites for hydroxylation is 1. The molecule has 0 aliphatic heterocycles. The predicted octanol–water partition coefficient (Wildman–Crippen LogP) is 4.74. The Hall–Kier alpha value is -3.25. The lowest BCUT2D eigenvalue weighted by atomic mass is 10.2. The second-order valence-corrected chi connectivity index (χ2v) is 7.76. The van der Waals surface area contributed by atoms with Crippen LogP contribution in [0, 0.1) is 0 Å². The van der Waals surface area contributed by atoms with Gasteiger partial charge < -0.3 is 9.47 Å². The molecule has 5 nitrogen and oxygen atoms in total. The van der Waals surface area contributed by atoms with Crippen LogP contribution in [0.15, 0.2) is 82.7 Å². The lowest BCUT2D eigenvalue weighted by Gasteiger charge is -2.14. The lowest BCUT2D eigenvalue weighted by molar-refractivity contribution is 0.414. The van der Waals surface area contributed by atoms with Crippen LogP contribution in [0.1, 0.15) is 5.56 Å². The highest BCUT2D eigenvalue weighted by Crippen LogP contribution is 2.24. The van der Waals surface area contributed by atoms with Crippen LogP contribution < -0.4 is 15.0 Å². The van der Waals surface area contributed by atoms with Crippen molar-refractivity contribution < 1.29 is 9.47 Å². The minimum Gasteiger partial charge on any atom is -0.497 e. The van der Waals surface area contributed by atoms with E-state index in [2.05, 4.69) is 12.1 Å². The Kier molecular flexibility index (Phi) is 6.05. The van der Waals surface area contributed by atoms with Crippen LogP contribution in [-0.4, -0.2) is 29.5 Å². The third-order valence-electron chi connectivity index (χ3n) is 4.84. The Morgan fingerprint density at radius 1 is 0.900 bits per heavy atom. The van der Waals surface area contributed by atoms with Gasteiger partial charge in [-0.05, 0) is 48.4 Å². The van der Waals surface area contributed by atoms with E-state index < -0.39 is 0 Å². The van der Waals surface area contributed by atoms with E-state index in [1.165, 1.54) is 5.56 Å². The fraction of sp³-hybridized carbons (Fsp3) is 0.167. The van der Waals surface area contributed by atoms with Gasteiger partial charge in [0, 0.05) is 11.8 Å². The number of aromatic nitrogens is 2. The fourth-order valence-electron chi connectivity index (χ4n) is 3.24. The molecule has 3 aromatic carbocycles. The van der Waals surface area contributed by atoms with Crippen molar-refractivity contribution in [2.45, 2.75) is 11.6 Å². The predicted molar refractivity (Wildman–Crippen MR) is 121 cm³/mol. The number of ether oxygens (including phenoxy) is 2. The Morgan fingerprint density at radius 3 is 2.43 bits per heavy atom. The third-order valence-corrected chi connectivity index (χ3v) is 5.78. The molecular formula is C24H22N2O3S. The quantitative estimate of drug-likeness (QED) is 0.321. The van der Waals surface area contributed by atoms with E-state index in [0.29, 0.717) is 21.8 Å². The third kappa shape index (κ3) is 4.19. The van der Waals surface area contributed by atoms with Crippen molar-refractivity contribution in [2.24, 2.45) is 0 Å². The molecule has 0 atom stereocenters. The highest BCUT2D eigenvalue weighted by atomic mass is 32.2. The number of hydrogen-bond donors (Lipinski definition) is 0. The van der Waals surface area contributed by atoms with Crippen LogP contribution in [0.4, 0.5) is 0 Å². The molecule has 0 aliphatic rings. The maximum atomic E-state index is 13.3. The molecular weight excluding hydrogens is 396 g/mol. The maximum absolute atomic E-state index is 13.3. The summed E-state index contributed by atoms with van der Waals surface area (Å²) < 4.78 is 12.2. The van der Waals surface area contributed by atoms with Crippen molar-refractivity contribution in [3.63, 3.8) is 0 Å². The lowest BCUT2D eigenvalue weighted by Crippen LogP contribution is -2.22. The zero-order chi connectivity index (χ0) is 20.9. The fourth-order valence-corrected chi connectivity index (χ4v) is 4.24. The van der Waals surface area contributed by atoms with Crippen molar-refractivity contribution >= 4 is 22.7 Å². The summed E-state index contributed by atoms with van der Waals surface area (Å²) in [4.78, 5) is 18.1. The summed E-state index contributed by atoms with van der Waals surface area (Å²) in [6.07, 6.45) is 0.857. The maximum Gasteiger partial charge on any atom is 0.266 e. The molecule has 30 heavy (non-hydrogen) atoms. The van der Waals surface area contributed by atoms with E-state index in [9.17, 15) is 4.79 Å². The average molecular weight is 419 g/mol. The molecule has 0 saturated heterocycles. The first-order chi connectivity index (χ1) is 14.7. The van der Waals surface area contributed by atoms with Crippen molar-refractivity contribution in [1.29, 1.82) is 0 Å². The Labute approximate surface area is 179 Å². The number of benzene rings is 3. The molecule has 4 rings (SSSR count). The van der Waals surface area contributed by atoms with Crippen molar-refractivity contribution in [3.05, 3.63) is 88.7 Å². The summed E-state index contributed by atoms with van der Waals surface area (Å²) in [5, 5.41) is 1.26. The second kappa shape index (κ2) is 9.05. The molecule has 0 N–H and O–H groups in total. The summed E-state index contributed by atoms with van der Waals surface area (Å²) in [6, 6.07) is 23.0. The molecule has 0 bridgehead atoms. The van der Waals surface area contributed by atoms with Crippen LogP contribution in [0.3, 0.4) is 0 Å². The number of methoxy groups -OCH3 is 2. The van der Waals surface area contributed by atoms with Crippen LogP contribution >= 0.6 is 11.8 Å². The van der Waals surface area contributed by atoms with Crippen molar-refractivity contribution in [2.75, 3.05) is 20.0 Å². The van der Waals surface area contributed by atoms with E-state index in [1.54, 1.807) is 30.5 Å². The van der Waals surface area contributed by atoms with Gasteiger partial charge in [0.15, 0.2) is 5.16 Å². The first kappa shape index (κ1) is 20.0. The number of fused-ring (bicyclic) bond motifs is 1. The van der Waals surface area contributed by atoms with Gasteiger partial charge >= 0.3 is 0 Å². The minimum atomic E-state index is -0.0826. The van der Waals surface area contributed by atoms with E-state index >= 15 is 0 Å². The summed E-state index contributed by atoms with van der Waals surface area (Å²) >= 11 is 1.57. The Bertz CT molecular complexity index is 1220. The molecule has 0 unspecified atom stereocenters. The van der Waals surface area contributed by atoms with E-state index in [1.807, 2.05) is 60.7 Å². The minimum absolute atomic E-state index is 0.0826. The SMILES string of the molecule is COc1ccc(CCSc2nc3ccccc3c(=O)n2-c2cccc(OC)c2)cc1. The number of rotatable bonds is 7. The zero-order valence-corrected chi connectivity index (χ0v) is 17.7.